The molecule has 0 saturated heterocycles. The van der Waals surface area contributed by atoms with Crippen LogP contribution in [0.15, 0.2) is 24.3 Å². The SMILES string of the molecule is C.C.O=C(CC(=O)ON1C(=O)C=CC1=O)ON1C(=O)C=CC1=O. The average molecular weight is 326 g/mol. The Morgan fingerprint density at radius 2 is 0.957 bits per heavy atom. The Balaban J connectivity index is 0.00000242. The molecule has 0 atom stereocenters. The fourth-order valence-corrected chi connectivity index (χ4v) is 1.34. The van der Waals surface area contributed by atoms with E-state index >= 15 is 0 Å². The van der Waals surface area contributed by atoms with E-state index in [9.17, 15) is 28.8 Å². The van der Waals surface area contributed by atoms with E-state index in [4.69, 9.17) is 0 Å². The molecule has 0 spiro atoms. The molecule has 0 aliphatic carbocycles. The van der Waals surface area contributed by atoms with Crippen LogP contribution < -0.4 is 0 Å². The van der Waals surface area contributed by atoms with Crippen LogP contribution in [0, 0.1) is 0 Å². The number of imide groups is 2. The molecule has 0 fully saturated rings. The van der Waals surface area contributed by atoms with Gasteiger partial charge in [-0.25, -0.2) is 9.59 Å². The molecule has 0 N–H and O–H groups in total. The van der Waals surface area contributed by atoms with Crippen LogP contribution in [0.4, 0.5) is 0 Å². The van der Waals surface area contributed by atoms with E-state index in [0.29, 0.717) is 0 Å². The lowest BCUT2D eigenvalue weighted by molar-refractivity contribution is -0.205. The summed E-state index contributed by atoms with van der Waals surface area (Å²) in [5.41, 5.74) is 0. The lowest BCUT2D eigenvalue weighted by Crippen LogP contribution is -2.36. The molecule has 0 aromatic carbocycles. The van der Waals surface area contributed by atoms with Crippen molar-refractivity contribution in [3.8, 4) is 0 Å². The summed E-state index contributed by atoms with van der Waals surface area (Å²) in [6, 6.07) is 0. The minimum absolute atomic E-state index is 0. The third-order valence-electron chi connectivity index (χ3n) is 2.21. The van der Waals surface area contributed by atoms with Gasteiger partial charge in [0.05, 0.1) is 0 Å². The van der Waals surface area contributed by atoms with E-state index in [1.807, 2.05) is 0 Å². The second-order valence-electron chi connectivity index (χ2n) is 3.71. The number of carbonyl (C=O) groups is 6. The van der Waals surface area contributed by atoms with E-state index in [0.717, 1.165) is 24.3 Å². The first-order valence-corrected chi connectivity index (χ1v) is 5.42. The van der Waals surface area contributed by atoms with Crippen LogP contribution in [0.2, 0.25) is 0 Å². The van der Waals surface area contributed by atoms with Crippen molar-refractivity contribution in [2.75, 3.05) is 0 Å². The fraction of sp³-hybridized carbons (Fsp3) is 0.231. The molecule has 2 heterocycles. The molecule has 4 amide bonds. The highest BCUT2D eigenvalue weighted by Crippen LogP contribution is 2.08. The Hall–Kier alpha value is -3.30. The number of hydroxylamine groups is 4. The summed E-state index contributed by atoms with van der Waals surface area (Å²) in [5, 5.41) is 0.312. The van der Waals surface area contributed by atoms with Gasteiger partial charge in [0.15, 0.2) is 0 Å². The van der Waals surface area contributed by atoms with Gasteiger partial charge in [0.25, 0.3) is 23.6 Å². The zero-order valence-corrected chi connectivity index (χ0v) is 10.2. The molecule has 0 bridgehead atoms. The van der Waals surface area contributed by atoms with Gasteiger partial charge in [0.1, 0.15) is 6.42 Å². The van der Waals surface area contributed by atoms with Crippen molar-refractivity contribution >= 4 is 35.6 Å². The van der Waals surface area contributed by atoms with E-state index in [2.05, 4.69) is 9.68 Å². The molecule has 124 valence electrons. The summed E-state index contributed by atoms with van der Waals surface area (Å²) in [6.07, 6.45) is 2.50. The summed E-state index contributed by atoms with van der Waals surface area (Å²) in [7, 11) is 0. The number of hydrogen-bond acceptors (Lipinski definition) is 8. The molecule has 0 aromatic rings. The molecule has 2 rings (SSSR count). The van der Waals surface area contributed by atoms with Gasteiger partial charge in [0, 0.05) is 24.3 Å². The summed E-state index contributed by atoms with van der Waals surface area (Å²) in [6.45, 7) is 0. The highest BCUT2D eigenvalue weighted by atomic mass is 16.7. The van der Waals surface area contributed by atoms with E-state index in [1.165, 1.54) is 0 Å². The standard InChI is InChI=1S/C11H6N2O8.2CH4/c14-6-1-2-7(15)12(6)20-10(18)5-11(19)21-13-8(16)3-4-9(13)17;;/h1-4H,5H2;2*1H4. The van der Waals surface area contributed by atoms with Crippen LogP contribution in [0.3, 0.4) is 0 Å². The lowest BCUT2D eigenvalue weighted by Gasteiger charge is -2.14. The highest BCUT2D eigenvalue weighted by molar-refractivity contribution is 6.13. The van der Waals surface area contributed by atoms with Gasteiger partial charge in [-0.15, -0.1) is 0 Å². The monoisotopic (exact) mass is 326 g/mol. The second-order valence-corrected chi connectivity index (χ2v) is 3.71. The molecule has 23 heavy (non-hydrogen) atoms. The number of nitrogens with zero attached hydrogens (tertiary/aromatic N) is 2. The van der Waals surface area contributed by atoms with E-state index < -0.39 is 42.0 Å². The molecule has 10 heteroatoms. The summed E-state index contributed by atoms with van der Waals surface area (Å²) in [4.78, 5) is 75.7. The van der Waals surface area contributed by atoms with Gasteiger partial charge < -0.3 is 9.68 Å². The van der Waals surface area contributed by atoms with Crippen LogP contribution in [0.25, 0.3) is 0 Å². The topological polar surface area (TPSA) is 127 Å². The number of hydrogen-bond donors (Lipinski definition) is 0. The lowest BCUT2D eigenvalue weighted by atomic mass is 10.4. The molecule has 2 aliphatic heterocycles. The molecule has 2 aliphatic rings. The van der Waals surface area contributed by atoms with Crippen LogP contribution in [-0.2, 0) is 38.4 Å². The summed E-state index contributed by atoms with van der Waals surface area (Å²) < 4.78 is 0. The fourth-order valence-electron chi connectivity index (χ4n) is 1.34. The van der Waals surface area contributed by atoms with Crippen molar-refractivity contribution in [3.63, 3.8) is 0 Å². The Bertz CT molecular complexity index is 544. The average Bonchev–Trinajstić information content (AvgIpc) is 2.88. The number of rotatable bonds is 4. The van der Waals surface area contributed by atoms with Gasteiger partial charge in [-0.05, 0) is 0 Å². The third kappa shape index (κ3) is 4.33. The van der Waals surface area contributed by atoms with E-state index in [1.54, 1.807) is 0 Å². The van der Waals surface area contributed by atoms with Gasteiger partial charge >= 0.3 is 11.9 Å². The van der Waals surface area contributed by atoms with Gasteiger partial charge in [-0.1, -0.05) is 25.0 Å². The predicted octanol–water partition coefficient (Wildman–Crippen LogP) is -0.585. The molecule has 0 unspecified atom stereocenters. The van der Waals surface area contributed by atoms with Gasteiger partial charge in [-0.2, -0.15) is 0 Å². The van der Waals surface area contributed by atoms with Crippen LogP contribution >= 0.6 is 0 Å². The van der Waals surface area contributed by atoms with Crippen LogP contribution in [0.5, 0.6) is 0 Å². The van der Waals surface area contributed by atoms with E-state index in [-0.39, 0.29) is 25.0 Å². The minimum Gasteiger partial charge on any atom is -0.329 e. The number of amides is 4. The first-order valence-electron chi connectivity index (χ1n) is 5.42. The van der Waals surface area contributed by atoms with Crippen molar-refractivity contribution < 1.29 is 38.4 Å². The first kappa shape index (κ1) is 19.7. The molecule has 10 nitrogen and oxygen atoms in total. The normalized spacial score (nSPS) is 15.5. The van der Waals surface area contributed by atoms with Gasteiger partial charge in [0.2, 0.25) is 0 Å². The third-order valence-corrected chi connectivity index (χ3v) is 2.21. The molecule has 0 radical (unpaired) electrons. The minimum atomic E-state index is -1.27. The molecular weight excluding hydrogens is 312 g/mol. The zero-order chi connectivity index (χ0) is 15.6. The maximum atomic E-state index is 11.3. The van der Waals surface area contributed by atoms with Crippen molar-refractivity contribution in [2.45, 2.75) is 21.3 Å². The molecular formula is C13H14N2O8. The Morgan fingerprint density at radius 3 is 1.22 bits per heavy atom. The molecule has 0 saturated carbocycles. The maximum Gasteiger partial charge on any atom is 0.344 e. The second kappa shape index (κ2) is 7.64. The Morgan fingerprint density at radius 1 is 0.696 bits per heavy atom. The largest absolute Gasteiger partial charge is 0.344 e. The highest BCUT2D eigenvalue weighted by Gasteiger charge is 2.31. The van der Waals surface area contributed by atoms with Crippen molar-refractivity contribution in [1.29, 1.82) is 0 Å². The zero-order valence-electron chi connectivity index (χ0n) is 10.2. The van der Waals surface area contributed by atoms with Gasteiger partial charge in [-0.3, -0.25) is 19.2 Å². The first-order chi connectivity index (χ1) is 9.88. The van der Waals surface area contributed by atoms with Crippen LogP contribution in [-0.4, -0.2) is 45.7 Å². The Labute approximate surface area is 130 Å². The quantitative estimate of drug-likeness (QED) is 0.495. The molecule has 0 aromatic heterocycles. The summed E-state index contributed by atoms with van der Waals surface area (Å²) in [5.74, 6) is -6.05. The van der Waals surface area contributed by atoms with Crippen molar-refractivity contribution in [3.05, 3.63) is 24.3 Å². The summed E-state index contributed by atoms with van der Waals surface area (Å²) >= 11 is 0. The van der Waals surface area contributed by atoms with Crippen LogP contribution in [0.1, 0.15) is 21.3 Å². The maximum absolute atomic E-state index is 11.3. The predicted molar refractivity (Wildman–Crippen MR) is 72.2 cm³/mol. The number of carbonyl (C=O) groups excluding carboxylic acids is 6. The Kier molecular flexibility index (Phi) is 6.54. The smallest absolute Gasteiger partial charge is 0.329 e. The van der Waals surface area contributed by atoms with Crippen molar-refractivity contribution in [1.82, 2.24) is 10.1 Å². The van der Waals surface area contributed by atoms with Crippen molar-refractivity contribution in [2.24, 2.45) is 0 Å².